The molecule has 0 unspecified atom stereocenters. The molecule has 0 aliphatic heterocycles. The van der Waals surface area contributed by atoms with Crippen LogP contribution in [-0.4, -0.2) is 9.97 Å². The molecule has 1 heterocycles. The molecule has 0 atom stereocenters. The van der Waals surface area contributed by atoms with E-state index in [-0.39, 0.29) is 0 Å². The van der Waals surface area contributed by atoms with E-state index in [9.17, 15) is 0 Å². The predicted octanol–water partition coefficient (Wildman–Crippen LogP) is 0.565. The molecule has 1 aromatic rings. The third kappa shape index (κ3) is 1.16. The maximum absolute atomic E-state index is 3.86. The summed E-state index contributed by atoms with van der Waals surface area (Å²) in [5.41, 5.74) is 0. The average molecular weight is 111 g/mol. The van der Waals surface area contributed by atoms with E-state index in [0.717, 1.165) is 0 Å². The predicted molar refractivity (Wildman–Crippen MR) is 28.1 cm³/mol. The maximum Gasteiger partial charge on any atom is 0.123 e. The first-order valence-corrected chi connectivity index (χ1v) is 2.22. The molecular weight excluding hydrogens is 108 g/mol. The molecule has 0 aliphatic rings. The summed E-state index contributed by atoms with van der Waals surface area (Å²) in [5, 5.41) is 0.530. The fourth-order valence-electron chi connectivity index (χ4n) is 0.261. The van der Waals surface area contributed by atoms with Crippen molar-refractivity contribution >= 4 is 12.6 Å². The van der Waals surface area contributed by atoms with E-state index in [4.69, 9.17) is 0 Å². The zero-order valence-corrected chi connectivity index (χ0v) is 4.39. The number of hydrogen-bond acceptors (Lipinski definition) is 3. The molecule has 0 aromatic carbocycles. The van der Waals surface area contributed by atoms with Crippen LogP contribution < -0.4 is 0 Å². The molecule has 0 saturated carbocycles. The van der Waals surface area contributed by atoms with Crippen molar-refractivity contribution in [3.05, 3.63) is 18.6 Å². The van der Waals surface area contributed by atoms with Crippen molar-refractivity contribution in [3.8, 4) is 0 Å². The van der Waals surface area contributed by atoms with Crippen LogP contribution in [-0.2, 0) is 0 Å². The molecule has 0 bridgehead atoms. The van der Waals surface area contributed by atoms with Crippen molar-refractivity contribution in [2.45, 2.75) is 5.03 Å². The normalized spacial score (nSPS) is 8.71. The van der Waals surface area contributed by atoms with E-state index < -0.39 is 0 Å². The van der Waals surface area contributed by atoms with E-state index in [0.29, 0.717) is 5.03 Å². The molecule has 0 spiro atoms. The topological polar surface area (TPSA) is 25.8 Å². The Hall–Kier alpha value is -0.570. The monoisotopic (exact) mass is 111 g/mol. The summed E-state index contributed by atoms with van der Waals surface area (Å²) >= 11 is 3.86. The minimum Gasteiger partial charge on any atom is -0.250 e. The molecular formula is C4H3N2S. The highest BCUT2D eigenvalue weighted by atomic mass is 32.1. The van der Waals surface area contributed by atoms with Crippen LogP contribution in [0.1, 0.15) is 0 Å². The molecule has 0 fully saturated rings. The lowest BCUT2D eigenvalue weighted by molar-refractivity contribution is 1.05. The van der Waals surface area contributed by atoms with Gasteiger partial charge < -0.3 is 0 Å². The van der Waals surface area contributed by atoms with Crippen LogP contribution in [0.4, 0.5) is 0 Å². The maximum atomic E-state index is 3.86. The quantitative estimate of drug-likeness (QED) is 0.495. The number of thiol groups is 1. The lowest BCUT2D eigenvalue weighted by Gasteiger charge is -1.79. The SMILES string of the molecule is Sc1[c]nccn1. The van der Waals surface area contributed by atoms with E-state index in [1.165, 1.54) is 0 Å². The van der Waals surface area contributed by atoms with Crippen LogP contribution in [0.5, 0.6) is 0 Å². The van der Waals surface area contributed by atoms with Crippen LogP contribution >= 0.6 is 12.6 Å². The Balaban J connectivity index is 3.02. The van der Waals surface area contributed by atoms with Gasteiger partial charge in [-0.2, -0.15) is 0 Å². The fraction of sp³-hybridized carbons (Fsp3) is 0. The molecule has 0 N–H and O–H groups in total. The van der Waals surface area contributed by atoms with Crippen molar-refractivity contribution < 1.29 is 0 Å². The van der Waals surface area contributed by atoms with Crippen LogP contribution in [0.25, 0.3) is 0 Å². The summed E-state index contributed by atoms with van der Waals surface area (Å²) in [6.45, 7) is 0. The van der Waals surface area contributed by atoms with Gasteiger partial charge in [0, 0.05) is 12.4 Å². The van der Waals surface area contributed by atoms with Gasteiger partial charge in [-0.1, -0.05) is 0 Å². The third-order valence-corrected chi connectivity index (χ3v) is 0.718. The molecule has 0 saturated heterocycles. The Labute approximate surface area is 47.0 Å². The highest BCUT2D eigenvalue weighted by Gasteiger charge is 1.77. The summed E-state index contributed by atoms with van der Waals surface area (Å²) in [4.78, 5) is 7.35. The molecule has 1 radical (unpaired) electrons. The van der Waals surface area contributed by atoms with Gasteiger partial charge in [-0.05, 0) is 0 Å². The smallest absolute Gasteiger partial charge is 0.123 e. The summed E-state index contributed by atoms with van der Waals surface area (Å²) < 4.78 is 0. The van der Waals surface area contributed by atoms with E-state index in [1.54, 1.807) is 12.4 Å². The van der Waals surface area contributed by atoms with Crippen molar-refractivity contribution in [1.29, 1.82) is 0 Å². The third-order valence-electron chi connectivity index (χ3n) is 0.503. The molecule has 7 heavy (non-hydrogen) atoms. The zero-order valence-electron chi connectivity index (χ0n) is 3.50. The van der Waals surface area contributed by atoms with Crippen molar-refractivity contribution in [2.75, 3.05) is 0 Å². The van der Waals surface area contributed by atoms with Gasteiger partial charge in [-0.25, -0.2) is 4.98 Å². The van der Waals surface area contributed by atoms with E-state index in [1.807, 2.05) is 0 Å². The van der Waals surface area contributed by atoms with Gasteiger partial charge in [0.15, 0.2) is 0 Å². The lowest BCUT2D eigenvalue weighted by atomic mass is 10.8. The minimum atomic E-state index is 0.530. The standard InChI is InChI=1S/C4H3N2S/c7-4-3-5-1-2-6-4/h1-2H,(H,6,7). The Bertz CT molecular complexity index is 140. The molecule has 35 valence electrons. The molecule has 1 rings (SSSR count). The number of hydrogen-bond donors (Lipinski definition) is 1. The van der Waals surface area contributed by atoms with Gasteiger partial charge in [0.2, 0.25) is 0 Å². The van der Waals surface area contributed by atoms with Gasteiger partial charge in [0.25, 0.3) is 0 Å². The number of rotatable bonds is 0. The number of nitrogens with zero attached hydrogens (tertiary/aromatic N) is 2. The summed E-state index contributed by atoms with van der Waals surface area (Å²) in [6.07, 6.45) is 5.66. The Morgan fingerprint density at radius 2 is 2.43 bits per heavy atom. The second-order valence-corrected chi connectivity index (χ2v) is 1.42. The first-order chi connectivity index (χ1) is 3.39. The Morgan fingerprint density at radius 1 is 1.57 bits per heavy atom. The van der Waals surface area contributed by atoms with Crippen molar-refractivity contribution in [1.82, 2.24) is 9.97 Å². The van der Waals surface area contributed by atoms with Crippen molar-refractivity contribution in [3.63, 3.8) is 0 Å². The fourth-order valence-corrected chi connectivity index (χ4v) is 0.386. The molecule has 2 nitrogen and oxygen atoms in total. The van der Waals surface area contributed by atoms with Gasteiger partial charge in [0.1, 0.15) is 11.2 Å². The highest BCUT2D eigenvalue weighted by molar-refractivity contribution is 7.80. The van der Waals surface area contributed by atoms with Gasteiger partial charge >= 0.3 is 0 Å². The molecule has 0 amide bonds. The summed E-state index contributed by atoms with van der Waals surface area (Å²) in [5.74, 6) is 0. The average Bonchev–Trinajstić information content (AvgIpc) is 1.69. The summed E-state index contributed by atoms with van der Waals surface area (Å²) in [6, 6.07) is 0. The largest absolute Gasteiger partial charge is 0.250 e. The highest BCUT2D eigenvalue weighted by Crippen LogP contribution is 1.91. The van der Waals surface area contributed by atoms with E-state index in [2.05, 4.69) is 28.8 Å². The van der Waals surface area contributed by atoms with Crippen LogP contribution in [0.3, 0.4) is 0 Å². The van der Waals surface area contributed by atoms with Crippen LogP contribution in [0.2, 0.25) is 0 Å². The van der Waals surface area contributed by atoms with Gasteiger partial charge in [0.05, 0.1) is 0 Å². The number of aromatic nitrogens is 2. The Morgan fingerprint density at radius 3 is 2.71 bits per heavy atom. The molecule has 1 aromatic heterocycles. The molecule has 3 heteroatoms. The second kappa shape index (κ2) is 1.93. The molecule has 0 aliphatic carbocycles. The first-order valence-electron chi connectivity index (χ1n) is 1.77. The first kappa shape index (κ1) is 4.59. The van der Waals surface area contributed by atoms with Gasteiger partial charge in [-0.15, -0.1) is 12.6 Å². The van der Waals surface area contributed by atoms with Crippen LogP contribution in [0, 0.1) is 6.20 Å². The Kier molecular flexibility index (Phi) is 1.26. The van der Waals surface area contributed by atoms with E-state index >= 15 is 0 Å². The minimum absolute atomic E-state index is 0.530. The second-order valence-electron chi connectivity index (χ2n) is 0.992. The lowest BCUT2D eigenvalue weighted by Crippen LogP contribution is -1.74. The van der Waals surface area contributed by atoms with Gasteiger partial charge in [-0.3, -0.25) is 4.98 Å². The summed E-state index contributed by atoms with van der Waals surface area (Å²) in [7, 11) is 0. The van der Waals surface area contributed by atoms with Crippen molar-refractivity contribution in [2.24, 2.45) is 0 Å². The zero-order chi connectivity index (χ0) is 5.11. The van der Waals surface area contributed by atoms with Crippen LogP contribution in [0.15, 0.2) is 17.4 Å².